The molecule has 4 rings (SSSR count). The summed E-state index contributed by atoms with van der Waals surface area (Å²) in [4.78, 5) is 11.0. The maximum atomic E-state index is 11.3. The van der Waals surface area contributed by atoms with Crippen LogP contribution < -0.4 is 0 Å². The van der Waals surface area contributed by atoms with Crippen molar-refractivity contribution < 1.29 is 4.92 Å². The lowest BCUT2D eigenvalue weighted by atomic mass is 10.0. The summed E-state index contributed by atoms with van der Waals surface area (Å²) in [5.74, 6) is 0. The third kappa shape index (κ3) is 2.83. The van der Waals surface area contributed by atoms with Crippen molar-refractivity contribution in [2.24, 2.45) is 0 Å². The van der Waals surface area contributed by atoms with E-state index in [1.807, 2.05) is 60.8 Å². The van der Waals surface area contributed by atoms with E-state index in [2.05, 4.69) is 20.5 Å². The maximum Gasteiger partial charge on any atom is 0.277 e. The molecule has 1 aromatic heterocycles. The molecule has 0 saturated heterocycles. The van der Waals surface area contributed by atoms with Crippen LogP contribution in [0.3, 0.4) is 0 Å². The van der Waals surface area contributed by atoms with Crippen LogP contribution in [0.1, 0.15) is 0 Å². The molecule has 0 bridgehead atoms. The summed E-state index contributed by atoms with van der Waals surface area (Å²) in [6.45, 7) is 0. The van der Waals surface area contributed by atoms with Crippen molar-refractivity contribution in [3.63, 3.8) is 0 Å². The lowest BCUT2D eigenvalue weighted by molar-refractivity contribution is -0.384. The van der Waals surface area contributed by atoms with Gasteiger partial charge in [-0.2, -0.15) is 0 Å². The summed E-state index contributed by atoms with van der Waals surface area (Å²) in [5, 5.41) is 12.4. The Kier molecular flexibility index (Phi) is 3.86. The van der Waals surface area contributed by atoms with Gasteiger partial charge in [-0.15, -0.1) is 0 Å². The minimum atomic E-state index is -0.346. The van der Waals surface area contributed by atoms with Crippen LogP contribution >= 0.6 is 15.9 Å². The standard InChI is InChI=1S/C20H13BrN2O2/c21-16-7-9-20(23(24)25)18(13-16)14-6-8-19-15(12-14)10-11-22(19)17-4-2-1-3-5-17/h1-13H. The summed E-state index contributed by atoms with van der Waals surface area (Å²) in [7, 11) is 0. The zero-order chi connectivity index (χ0) is 17.4. The Labute approximate surface area is 152 Å². The number of hydrogen-bond acceptors (Lipinski definition) is 2. The third-order valence-corrected chi connectivity index (χ3v) is 4.68. The Morgan fingerprint density at radius 3 is 2.48 bits per heavy atom. The van der Waals surface area contributed by atoms with Gasteiger partial charge in [0.1, 0.15) is 0 Å². The smallest absolute Gasteiger partial charge is 0.277 e. The zero-order valence-electron chi connectivity index (χ0n) is 13.1. The van der Waals surface area contributed by atoms with Crippen molar-refractivity contribution in [2.45, 2.75) is 0 Å². The molecular formula is C20H13BrN2O2. The van der Waals surface area contributed by atoms with E-state index in [1.54, 1.807) is 12.1 Å². The fraction of sp³-hybridized carbons (Fsp3) is 0. The average Bonchev–Trinajstić information content (AvgIpc) is 3.05. The first-order valence-corrected chi connectivity index (χ1v) is 8.53. The van der Waals surface area contributed by atoms with E-state index < -0.39 is 0 Å². The first kappa shape index (κ1) is 15.6. The Hall–Kier alpha value is -2.92. The molecule has 0 aliphatic rings. The number of nitrogens with zero attached hydrogens (tertiary/aromatic N) is 2. The topological polar surface area (TPSA) is 48.1 Å². The predicted molar refractivity (Wildman–Crippen MR) is 103 cm³/mol. The number of hydrogen-bond donors (Lipinski definition) is 0. The lowest BCUT2D eigenvalue weighted by Crippen LogP contribution is -1.93. The molecular weight excluding hydrogens is 380 g/mol. The molecule has 5 heteroatoms. The highest BCUT2D eigenvalue weighted by Gasteiger charge is 2.16. The fourth-order valence-corrected chi connectivity index (χ4v) is 3.38. The fourth-order valence-electron chi connectivity index (χ4n) is 3.02. The minimum absolute atomic E-state index is 0.102. The van der Waals surface area contributed by atoms with Crippen LogP contribution in [0.5, 0.6) is 0 Å². The van der Waals surface area contributed by atoms with E-state index in [4.69, 9.17) is 0 Å². The van der Waals surface area contributed by atoms with Crippen molar-refractivity contribution in [1.82, 2.24) is 4.57 Å². The minimum Gasteiger partial charge on any atom is -0.317 e. The maximum absolute atomic E-state index is 11.3. The summed E-state index contributed by atoms with van der Waals surface area (Å²) in [6, 6.07) is 23.0. The first-order chi connectivity index (χ1) is 12.1. The van der Waals surface area contributed by atoms with Crippen molar-refractivity contribution in [3.05, 3.63) is 93.6 Å². The van der Waals surface area contributed by atoms with E-state index >= 15 is 0 Å². The molecule has 0 aliphatic heterocycles. The number of fused-ring (bicyclic) bond motifs is 1. The van der Waals surface area contributed by atoms with E-state index in [1.165, 1.54) is 6.07 Å². The van der Waals surface area contributed by atoms with E-state index in [9.17, 15) is 10.1 Å². The molecule has 0 amide bonds. The van der Waals surface area contributed by atoms with Gasteiger partial charge in [-0.05, 0) is 48.0 Å². The number of benzene rings is 3. The van der Waals surface area contributed by atoms with E-state index in [0.29, 0.717) is 5.56 Å². The second-order valence-electron chi connectivity index (χ2n) is 5.71. The molecule has 3 aromatic carbocycles. The summed E-state index contributed by atoms with van der Waals surface area (Å²) in [6.07, 6.45) is 2.01. The van der Waals surface area contributed by atoms with Crippen LogP contribution in [0.4, 0.5) is 5.69 Å². The highest BCUT2D eigenvalue weighted by atomic mass is 79.9. The van der Waals surface area contributed by atoms with Gasteiger partial charge in [0.2, 0.25) is 0 Å². The quantitative estimate of drug-likeness (QED) is 0.318. The Balaban J connectivity index is 1.87. The first-order valence-electron chi connectivity index (χ1n) is 7.74. The molecule has 0 fully saturated rings. The third-order valence-electron chi connectivity index (χ3n) is 4.19. The summed E-state index contributed by atoms with van der Waals surface area (Å²) >= 11 is 3.40. The molecule has 0 atom stereocenters. The van der Waals surface area contributed by atoms with Crippen LogP contribution in [-0.2, 0) is 0 Å². The number of rotatable bonds is 3. The molecule has 0 aliphatic carbocycles. The van der Waals surface area contributed by atoms with E-state index in [0.717, 1.165) is 26.6 Å². The average molecular weight is 393 g/mol. The molecule has 0 unspecified atom stereocenters. The normalized spacial score (nSPS) is 10.9. The van der Waals surface area contributed by atoms with Crippen molar-refractivity contribution in [1.29, 1.82) is 0 Å². The molecule has 0 saturated carbocycles. The van der Waals surface area contributed by atoms with E-state index in [-0.39, 0.29) is 10.6 Å². The van der Waals surface area contributed by atoms with Gasteiger partial charge in [0.25, 0.3) is 5.69 Å². The Morgan fingerprint density at radius 2 is 1.72 bits per heavy atom. The van der Waals surface area contributed by atoms with Gasteiger partial charge < -0.3 is 4.57 Å². The number of para-hydroxylation sites is 1. The van der Waals surface area contributed by atoms with Crippen LogP contribution in [0.2, 0.25) is 0 Å². The zero-order valence-corrected chi connectivity index (χ0v) is 14.7. The molecule has 4 aromatic rings. The molecule has 1 heterocycles. The SMILES string of the molecule is O=[N+]([O-])c1ccc(Br)cc1-c1ccc2c(ccn2-c2ccccc2)c1. The van der Waals surface area contributed by atoms with Gasteiger partial charge in [-0.1, -0.05) is 40.2 Å². The van der Waals surface area contributed by atoms with Crippen LogP contribution in [0.25, 0.3) is 27.7 Å². The largest absolute Gasteiger partial charge is 0.317 e. The van der Waals surface area contributed by atoms with Crippen molar-refractivity contribution in [3.8, 4) is 16.8 Å². The molecule has 0 radical (unpaired) electrons. The van der Waals surface area contributed by atoms with Crippen molar-refractivity contribution in [2.75, 3.05) is 0 Å². The molecule has 122 valence electrons. The number of halogens is 1. The lowest BCUT2D eigenvalue weighted by Gasteiger charge is -2.07. The highest BCUT2D eigenvalue weighted by Crippen LogP contribution is 2.34. The summed E-state index contributed by atoms with van der Waals surface area (Å²) in [5.41, 5.74) is 3.68. The Morgan fingerprint density at radius 1 is 0.920 bits per heavy atom. The van der Waals surface area contributed by atoms with Gasteiger partial charge in [0, 0.05) is 27.8 Å². The Bertz CT molecular complexity index is 1090. The number of nitro benzene ring substituents is 1. The molecule has 4 nitrogen and oxygen atoms in total. The van der Waals surface area contributed by atoms with Crippen LogP contribution in [-0.4, -0.2) is 9.49 Å². The number of aromatic nitrogens is 1. The predicted octanol–water partition coefficient (Wildman–Crippen LogP) is 5.97. The van der Waals surface area contributed by atoms with Crippen LogP contribution in [0, 0.1) is 10.1 Å². The van der Waals surface area contributed by atoms with Gasteiger partial charge in [0.05, 0.1) is 16.0 Å². The van der Waals surface area contributed by atoms with Gasteiger partial charge in [-0.3, -0.25) is 10.1 Å². The monoisotopic (exact) mass is 392 g/mol. The molecule has 25 heavy (non-hydrogen) atoms. The molecule has 0 spiro atoms. The summed E-state index contributed by atoms with van der Waals surface area (Å²) < 4.78 is 2.92. The second kappa shape index (κ2) is 6.18. The second-order valence-corrected chi connectivity index (χ2v) is 6.63. The highest BCUT2D eigenvalue weighted by molar-refractivity contribution is 9.10. The van der Waals surface area contributed by atoms with Gasteiger partial charge >= 0.3 is 0 Å². The van der Waals surface area contributed by atoms with Gasteiger partial charge in [0.15, 0.2) is 0 Å². The van der Waals surface area contributed by atoms with Gasteiger partial charge in [-0.25, -0.2) is 0 Å². The molecule has 0 N–H and O–H groups in total. The number of nitro groups is 1. The van der Waals surface area contributed by atoms with Crippen LogP contribution in [0.15, 0.2) is 83.5 Å². The van der Waals surface area contributed by atoms with Crippen molar-refractivity contribution >= 4 is 32.5 Å².